The van der Waals surface area contributed by atoms with E-state index in [0.717, 1.165) is 0 Å². The molecule has 4 rings (SSSR count). The van der Waals surface area contributed by atoms with Crippen molar-refractivity contribution in [3.63, 3.8) is 0 Å². The topological polar surface area (TPSA) is 108 Å². The van der Waals surface area contributed by atoms with Gasteiger partial charge in [0.1, 0.15) is 6.10 Å². The van der Waals surface area contributed by atoms with E-state index in [2.05, 4.69) is 10.2 Å². The third kappa shape index (κ3) is 4.30. The molecular weight excluding hydrogens is 402 g/mol. The van der Waals surface area contributed by atoms with Gasteiger partial charge in [0.2, 0.25) is 0 Å². The Balaban J connectivity index is 1.30. The number of amides is 3. The van der Waals surface area contributed by atoms with Crippen molar-refractivity contribution >= 4 is 17.9 Å². The van der Waals surface area contributed by atoms with Gasteiger partial charge < -0.3 is 24.8 Å². The van der Waals surface area contributed by atoms with Crippen LogP contribution < -0.4 is 5.32 Å². The van der Waals surface area contributed by atoms with Crippen molar-refractivity contribution in [1.29, 1.82) is 0 Å². The van der Waals surface area contributed by atoms with E-state index in [0.29, 0.717) is 43.6 Å². The zero-order valence-corrected chi connectivity index (χ0v) is 18.0. The highest BCUT2D eigenvalue weighted by atomic mass is 16.8. The Labute approximate surface area is 181 Å². The lowest BCUT2D eigenvalue weighted by atomic mass is 10.0. The molecule has 3 amide bonds. The molecule has 2 fully saturated rings. The first-order valence-corrected chi connectivity index (χ1v) is 10.6. The van der Waals surface area contributed by atoms with Crippen molar-refractivity contribution in [2.75, 3.05) is 26.7 Å². The summed E-state index contributed by atoms with van der Waals surface area (Å²) in [4.78, 5) is 39.6. The molecule has 1 aromatic rings. The Morgan fingerprint density at radius 1 is 1.19 bits per heavy atom. The summed E-state index contributed by atoms with van der Waals surface area (Å²) in [5, 5.41) is 11.7. The van der Waals surface area contributed by atoms with Gasteiger partial charge in [0, 0.05) is 19.0 Å². The predicted molar refractivity (Wildman–Crippen MR) is 111 cm³/mol. The average Bonchev–Trinajstić information content (AvgIpc) is 3.26. The molecule has 1 saturated carbocycles. The maximum atomic E-state index is 12.5. The van der Waals surface area contributed by atoms with Crippen LogP contribution in [0.25, 0.3) is 0 Å². The molecular formula is C22H29N3O6. The smallest absolute Gasteiger partial charge is 0.404 e. The minimum absolute atomic E-state index is 0.118. The highest BCUT2D eigenvalue weighted by molar-refractivity contribution is 6.21. The summed E-state index contributed by atoms with van der Waals surface area (Å²) in [6.45, 7) is 5.45. The molecule has 9 heteroatoms. The number of rotatable bonds is 7. The van der Waals surface area contributed by atoms with Crippen molar-refractivity contribution in [2.24, 2.45) is 5.92 Å². The minimum atomic E-state index is -1.06. The molecule has 0 unspecified atom stereocenters. The monoisotopic (exact) mass is 431 g/mol. The van der Waals surface area contributed by atoms with Crippen LogP contribution in [-0.4, -0.2) is 83.5 Å². The standard InChI is InChI=1S/C22H29N3O6/c1-22(2)30-17-13(11-16(18(17)31-22)23-21(28)29)12-24(3)9-6-10-25-19(26)14-7-4-5-8-15(14)20(25)27/h4-5,7-8,13,16-18,23H,6,9-12H2,1-3H3,(H,28,29)/t13-,16+,17+,18-/m0/s1. The lowest BCUT2D eigenvalue weighted by Gasteiger charge is -2.26. The quantitative estimate of drug-likeness (QED) is 0.634. The lowest BCUT2D eigenvalue weighted by molar-refractivity contribution is -0.159. The van der Waals surface area contributed by atoms with E-state index >= 15 is 0 Å². The fourth-order valence-electron chi connectivity index (χ4n) is 5.00. The van der Waals surface area contributed by atoms with Crippen LogP contribution in [0.2, 0.25) is 0 Å². The second kappa shape index (κ2) is 8.22. The van der Waals surface area contributed by atoms with E-state index in [1.807, 2.05) is 20.9 Å². The van der Waals surface area contributed by atoms with E-state index < -0.39 is 11.9 Å². The van der Waals surface area contributed by atoms with Gasteiger partial charge in [-0.3, -0.25) is 14.5 Å². The van der Waals surface area contributed by atoms with Gasteiger partial charge in [-0.2, -0.15) is 0 Å². The number of nitrogens with one attached hydrogen (secondary N) is 1. The van der Waals surface area contributed by atoms with Crippen molar-refractivity contribution in [3.05, 3.63) is 35.4 Å². The van der Waals surface area contributed by atoms with Gasteiger partial charge in [-0.1, -0.05) is 12.1 Å². The van der Waals surface area contributed by atoms with Crippen LogP contribution in [0.3, 0.4) is 0 Å². The van der Waals surface area contributed by atoms with Crippen molar-refractivity contribution in [3.8, 4) is 0 Å². The molecule has 2 aliphatic heterocycles. The number of ether oxygens (including phenoxy) is 2. The SMILES string of the molecule is CN(CCCN1C(=O)c2ccccc2C1=O)C[C@@H]1C[C@@H](NC(=O)O)[C@@H]2OC(C)(C)O[C@H]12. The zero-order valence-electron chi connectivity index (χ0n) is 18.0. The van der Waals surface area contributed by atoms with Gasteiger partial charge in [0.25, 0.3) is 11.8 Å². The number of hydrogen-bond donors (Lipinski definition) is 2. The van der Waals surface area contributed by atoms with E-state index in [1.165, 1.54) is 4.90 Å². The summed E-state index contributed by atoms with van der Waals surface area (Å²) in [6, 6.07) is 6.59. The molecule has 0 radical (unpaired) electrons. The van der Waals surface area contributed by atoms with Crippen LogP contribution in [0.15, 0.2) is 24.3 Å². The molecule has 168 valence electrons. The molecule has 1 aliphatic carbocycles. The molecule has 1 aromatic carbocycles. The van der Waals surface area contributed by atoms with Gasteiger partial charge in [-0.15, -0.1) is 0 Å². The molecule has 2 N–H and O–H groups in total. The molecule has 4 atom stereocenters. The zero-order chi connectivity index (χ0) is 22.3. The first-order chi connectivity index (χ1) is 14.7. The largest absolute Gasteiger partial charge is 0.465 e. The highest BCUT2D eigenvalue weighted by Crippen LogP contribution is 2.42. The maximum absolute atomic E-state index is 12.5. The molecule has 2 heterocycles. The first-order valence-electron chi connectivity index (χ1n) is 10.6. The van der Waals surface area contributed by atoms with E-state index in [1.54, 1.807) is 24.3 Å². The molecule has 3 aliphatic rings. The Hall–Kier alpha value is -2.49. The minimum Gasteiger partial charge on any atom is -0.465 e. The summed E-state index contributed by atoms with van der Waals surface area (Å²) < 4.78 is 12.0. The number of imide groups is 1. The van der Waals surface area contributed by atoms with Crippen LogP contribution >= 0.6 is 0 Å². The predicted octanol–water partition coefficient (Wildman–Crippen LogP) is 1.78. The first kappa shape index (κ1) is 21.7. The van der Waals surface area contributed by atoms with Crippen molar-refractivity contribution in [1.82, 2.24) is 15.1 Å². The van der Waals surface area contributed by atoms with E-state index in [9.17, 15) is 14.4 Å². The van der Waals surface area contributed by atoms with Gasteiger partial charge in [-0.05, 0) is 52.4 Å². The summed E-state index contributed by atoms with van der Waals surface area (Å²) in [7, 11) is 1.98. The summed E-state index contributed by atoms with van der Waals surface area (Å²) in [5.74, 6) is -1.09. The molecule has 9 nitrogen and oxygen atoms in total. The molecule has 0 spiro atoms. The van der Waals surface area contributed by atoms with E-state index in [-0.39, 0.29) is 36.0 Å². The molecule has 0 bridgehead atoms. The Morgan fingerprint density at radius 3 is 2.42 bits per heavy atom. The Bertz CT molecular complexity index is 853. The second-order valence-corrected chi connectivity index (χ2v) is 9.04. The summed E-state index contributed by atoms with van der Waals surface area (Å²) in [5.41, 5.74) is 0.937. The van der Waals surface area contributed by atoms with Crippen molar-refractivity contribution < 1.29 is 29.0 Å². The number of fused-ring (bicyclic) bond motifs is 2. The third-order valence-electron chi connectivity index (χ3n) is 6.24. The van der Waals surface area contributed by atoms with Crippen LogP contribution in [0.1, 0.15) is 47.4 Å². The average molecular weight is 431 g/mol. The highest BCUT2D eigenvalue weighted by Gasteiger charge is 2.54. The number of nitrogens with zero attached hydrogens (tertiary/aromatic N) is 2. The Morgan fingerprint density at radius 2 is 1.81 bits per heavy atom. The van der Waals surface area contributed by atoms with Gasteiger partial charge in [0.05, 0.1) is 23.3 Å². The number of carboxylic acid groups (broad SMARTS) is 1. The number of benzene rings is 1. The number of hydrogen-bond acceptors (Lipinski definition) is 6. The molecule has 31 heavy (non-hydrogen) atoms. The van der Waals surface area contributed by atoms with Crippen LogP contribution in [0, 0.1) is 5.92 Å². The second-order valence-electron chi connectivity index (χ2n) is 9.04. The third-order valence-corrected chi connectivity index (χ3v) is 6.24. The van der Waals surface area contributed by atoms with Gasteiger partial charge in [0.15, 0.2) is 5.79 Å². The normalized spacial score (nSPS) is 28.8. The maximum Gasteiger partial charge on any atom is 0.404 e. The van der Waals surface area contributed by atoms with Crippen LogP contribution in [-0.2, 0) is 9.47 Å². The van der Waals surface area contributed by atoms with E-state index in [4.69, 9.17) is 14.6 Å². The Kier molecular flexibility index (Phi) is 5.76. The lowest BCUT2D eigenvalue weighted by Crippen LogP contribution is -2.42. The van der Waals surface area contributed by atoms with Crippen LogP contribution in [0.5, 0.6) is 0 Å². The van der Waals surface area contributed by atoms with Crippen LogP contribution in [0.4, 0.5) is 4.79 Å². The van der Waals surface area contributed by atoms with Gasteiger partial charge in [-0.25, -0.2) is 4.79 Å². The fourth-order valence-corrected chi connectivity index (χ4v) is 5.00. The van der Waals surface area contributed by atoms with Crippen molar-refractivity contribution in [2.45, 2.75) is 50.7 Å². The van der Waals surface area contributed by atoms with Gasteiger partial charge >= 0.3 is 6.09 Å². The summed E-state index contributed by atoms with van der Waals surface area (Å²) in [6.07, 6.45) is -0.247. The fraction of sp³-hybridized carbons (Fsp3) is 0.591. The summed E-state index contributed by atoms with van der Waals surface area (Å²) >= 11 is 0. The molecule has 1 saturated heterocycles. The molecule has 0 aromatic heterocycles. The number of carbonyl (C=O) groups excluding carboxylic acids is 2. The number of carbonyl (C=O) groups is 3.